The van der Waals surface area contributed by atoms with Crippen molar-refractivity contribution in [3.63, 3.8) is 0 Å². The van der Waals surface area contributed by atoms with Gasteiger partial charge < -0.3 is 20.3 Å². The minimum absolute atomic E-state index is 0.696. The standard InChI is InChI=1S/C11H12F3N3O6/c12-11(13,14)9(21)16-6-7(20)4(3-18)23-8(6)17-2-1-5(19)15-10(17)22/h1-2,4,6-8,18,20H,3H2,(H,16,21)(H,15,19,22)/t4-,6-,7-,8-/m1/s1. The second-order valence-corrected chi connectivity index (χ2v) is 4.75. The van der Waals surface area contributed by atoms with Gasteiger partial charge in [0.25, 0.3) is 5.56 Å². The van der Waals surface area contributed by atoms with Gasteiger partial charge in [-0.3, -0.25) is 19.1 Å². The second-order valence-electron chi connectivity index (χ2n) is 4.75. The molecule has 0 aromatic carbocycles. The lowest BCUT2D eigenvalue weighted by atomic mass is 10.1. The number of aliphatic hydroxyl groups excluding tert-OH is 2. The molecular weight excluding hydrogens is 327 g/mol. The lowest BCUT2D eigenvalue weighted by molar-refractivity contribution is -0.175. The summed E-state index contributed by atoms with van der Waals surface area (Å²) in [5.41, 5.74) is -1.76. The van der Waals surface area contributed by atoms with E-state index in [4.69, 9.17) is 9.84 Å². The molecule has 2 heterocycles. The fourth-order valence-electron chi connectivity index (χ4n) is 2.15. The van der Waals surface area contributed by atoms with Crippen molar-refractivity contribution in [3.8, 4) is 0 Å². The predicted octanol–water partition coefficient (Wildman–Crippen LogP) is -2.17. The number of alkyl halides is 3. The maximum atomic E-state index is 12.4. The Balaban J connectivity index is 2.37. The van der Waals surface area contributed by atoms with E-state index in [-0.39, 0.29) is 0 Å². The minimum Gasteiger partial charge on any atom is -0.394 e. The topological polar surface area (TPSA) is 134 Å². The summed E-state index contributed by atoms with van der Waals surface area (Å²) in [6.45, 7) is -0.756. The molecule has 1 aromatic rings. The number of H-pyrrole nitrogens is 1. The van der Waals surface area contributed by atoms with Gasteiger partial charge in [0.2, 0.25) is 0 Å². The Kier molecular flexibility index (Phi) is 4.58. The van der Waals surface area contributed by atoms with Crippen LogP contribution in [-0.4, -0.2) is 56.7 Å². The highest BCUT2D eigenvalue weighted by Crippen LogP contribution is 2.29. The van der Waals surface area contributed by atoms with Crippen LogP contribution >= 0.6 is 0 Å². The summed E-state index contributed by atoms with van der Waals surface area (Å²) in [7, 11) is 0. The number of hydrogen-bond acceptors (Lipinski definition) is 6. The first kappa shape index (κ1) is 17.2. The summed E-state index contributed by atoms with van der Waals surface area (Å²) < 4.78 is 42.9. The van der Waals surface area contributed by atoms with Crippen molar-refractivity contribution in [1.29, 1.82) is 0 Å². The Morgan fingerprint density at radius 3 is 2.61 bits per heavy atom. The Labute approximate surface area is 125 Å². The number of nitrogens with zero attached hydrogens (tertiary/aromatic N) is 1. The van der Waals surface area contributed by atoms with Crippen LogP contribution in [-0.2, 0) is 9.53 Å². The normalized spacial score (nSPS) is 27.9. The lowest BCUT2D eigenvalue weighted by Gasteiger charge is -2.23. The van der Waals surface area contributed by atoms with Crippen LogP contribution in [0.2, 0.25) is 0 Å². The van der Waals surface area contributed by atoms with Crippen molar-refractivity contribution in [3.05, 3.63) is 33.1 Å². The highest BCUT2D eigenvalue weighted by Gasteiger charge is 2.49. The minimum atomic E-state index is -5.21. The summed E-state index contributed by atoms with van der Waals surface area (Å²) >= 11 is 0. The largest absolute Gasteiger partial charge is 0.471 e. The molecule has 4 atom stereocenters. The fourth-order valence-corrected chi connectivity index (χ4v) is 2.15. The number of ether oxygens (including phenoxy) is 1. The molecule has 0 spiro atoms. The molecule has 0 bridgehead atoms. The van der Waals surface area contributed by atoms with Crippen molar-refractivity contribution < 1.29 is 32.9 Å². The molecule has 0 radical (unpaired) electrons. The van der Waals surface area contributed by atoms with Gasteiger partial charge in [0.15, 0.2) is 6.23 Å². The second kappa shape index (κ2) is 6.14. The van der Waals surface area contributed by atoms with Crippen LogP contribution in [0, 0.1) is 0 Å². The van der Waals surface area contributed by atoms with Crippen LogP contribution in [0.1, 0.15) is 6.23 Å². The Bertz CT molecular complexity index is 699. The summed E-state index contributed by atoms with van der Waals surface area (Å²) in [4.78, 5) is 35.6. The molecule has 23 heavy (non-hydrogen) atoms. The highest BCUT2D eigenvalue weighted by atomic mass is 19.4. The summed E-state index contributed by atoms with van der Waals surface area (Å²) in [6.07, 6.45) is -8.84. The van der Waals surface area contributed by atoms with Crippen molar-refractivity contribution in [1.82, 2.24) is 14.9 Å². The molecular formula is C11H12F3N3O6. The third-order valence-corrected chi connectivity index (χ3v) is 3.23. The SMILES string of the molecule is O=C(N[C@@H]1[C@H](O)[C@@H](CO)O[C@H]1n1ccc(=O)[nH]c1=O)C(F)(F)F. The van der Waals surface area contributed by atoms with Gasteiger partial charge in [0.1, 0.15) is 18.2 Å². The number of aromatic nitrogens is 2. The molecule has 1 fully saturated rings. The van der Waals surface area contributed by atoms with E-state index in [1.54, 1.807) is 0 Å². The Hall–Kier alpha value is -2.18. The predicted molar refractivity (Wildman–Crippen MR) is 66.3 cm³/mol. The van der Waals surface area contributed by atoms with Gasteiger partial charge in [-0.25, -0.2) is 4.79 Å². The van der Waals surface area contributed by atoms with E-state index in [2.05, 4.69) is 0 Å². The van der Waals surface area contributed by atoms with Crippen molar-refractivity contribution in [2.24, 2.45) is 0 Å². The zero-order valence-electron chi connectivity index (χ0n) is 11.3. The molecule has 1 aliphatic rings. The molecule has 12 heteroatoms. The number of carbonyl (C=O) groups is 1. The number of aliphatic hydroxyl groups is 2. The fraction of sp³-hybridized carbons (Fsp3) is 0.545. The molecule has 2 rings (SSSR count). The molecule has 1 amide bonds. The quantitative estimate of drug-likeness (QED) is 0.495. The van der Waals surface area contributed by atoms with Gasteiger partial charge in [-0.15, -0.1) is 0 Å². The summed E-state index contributed by atoms with van der Waals surface area (Å²) in [5, 5.41) is 20.5. The maximum Gasteiger partial charge on any atom is 0.471 e. The molecule has 0 unspecified atom stereocenters. The van der Waals surface area contributed by atoms with E-state index >= 15 is 0 Å². The Morgan fingerprint density at radius 1 is 1.43 bits per heavy atom. The zero-order valence-corrected chi connectivity index (χ0v) is 11.3. The molecule has 4 N–H and O–H groups in total. The number of amides is 1. The van der Waals surface area contributed by atoms with Crippen LogP contribution in [0.15, 0.2) is 21.9 Å². The van der Waals surface area contributed by atoms with Crippen LogP contribution in [0.3, 0.4) is 0 Å². The number of carbonyl (C=O) groups excluding carboxylic acids is 1. The molecule has 1 aliphatic heterocycles. The highest BCUT2D eigenvalue weighted by molar-refractivity contribution is 5.82. The first-order chi connectivity index (χ1) is 10.6. The van der Waals surface area contributed by atoms with E-state index in [0.29, 0.717) is 4.57 Å². The van der Waals surface area contributed by atoms with E-state index in [0.717, 1.165) is 12.3 Å². The van der Waals surface area contributed by atoms with Crippen molar-refractivity contribution in [2.75, 3.05) is 6.61 Å². The molecule has 9 nitrogen and oxygen atoms in total. The van der Waals surface area contributed by atoms with Gasteiger partial charge in [-0.2, -0.15) is 13.2 Å². The first-order valence-corrected chi connectivity index (χ1v) is 6.28. The number of nitrogens with one attached hydrogen (secondary N) is 2. The monoisotopic (exact) mass is 339 g/mol. The summed E-state index contributed by atoms with van der Waals surface area (Å²) in [5.74, 6) is -2.34. The number of rotatable bonds is 3. The van der Waals surface area contributed by atoms with E-state index in [1.807, 2.05) is 4.98 Å². The van der Waals surface area contributed by atoms with Gasteiger partial charge in [0, 0.05) is 12.3 Å². The van der Waals surface area contributed by atoms with E-state index < -0.39 is 54.4 Å². The smallest absolute Gasteiger partial charge is 0.394 e. The molecule has 0 saturated carbocycles. The van der Waals surface area contributed by atoms with E-state index in [9.17, 15) is 32.7 Å². The number of halogens is 3. The van der Waals surface area contributed by atoms with Crippen molar-refractivity contribution in [2.45, 2.75) is 30.7 Å². The van der Waals surface area contributed by atoms with E-state index in [1.165, 1.54) is 5.32 Å². The molecule has 128 valence electrons. The van der Waals surface area contributed by atoms with Crippen LogP contribution in [0.25, 0.3) is 0 Å². The maximum absolute atomic E-state index is 12.4. The Morgan fingerprint density at radius 2 is 2.09 bits per heavy atom. The molecule has 0 aliphatic carbocycles. The van der Waals surface area contributed by atoms with Gasteiger partial charge in [0.05, 0.1) is 6.61 Å². The van der Waals surface area contributed by atoms with Crippen LogP contribution in [0.4, 0.5) is 13.2 Å². The van der Waals surface area contributed by atoms with Gasteiger partial charge in [-0.05, 0) is 0 Å². The average Bonchev–Trinajstić information content (AvgIpc) is 2.75. The third kappa shape index (κ3) is 3.43. The zero-order chi connectivity index (χ0) is 17.4. The van der Waals surface area contributed by atoms with Gasteiger partial charge >= 0.3 is 17.8 Å². The molecule has 1 aromatic heterocycles. The molecule has 1 saturated heterocycles. The van der Waals surface area contributed by atoms with Crippen LogP contribution in [0.5, 0.6) is 0 Å². The lowest BCUT2D eigenvalue weighted by Crippen LogP contribution is -2.52. The van der Waals surface area contributed by atoms with Crippen molar-refractivity contribution >= 4 is 5.91 Å². The summed E-state index contributed by atoms with van der Waals surface area (Å²) in [6, 6.07) is -0.753. The van der Waals surface area contributed by atoms with Crippen LogP contribution < -0.4 is 16.6 Å². The van der Waals surface area contributed by atoms with Gasteiger partial charge in [-0.1, -0.05) is 0 Å². The number of aromatic amines is 1. The third-order valence-electron chi connectivity index (χ3n) is 3.23. The average molecular weight is 339 g/mol. The first-order valence-electron chi connectivity index (χ1n) is 6.28. The number of hydrogen-bond donors (Lipinski definition) is 4.